The largest absolute Gasteiger partial charge is 0.358 e. The van der Waals surface area contributed by atoms with Crippen LogP contribution in [0.3, 0.4) is 0 Å². The Balaban J connectivity index is 2.06. The first kappa shape index (κ1) is 9.36. The van der Waals surface area contributed by atoms with Crippen molar-refractivity contribution in [3.05, 3.63) is 53.6 Å². The number of fused-ring (bicyclic) bond motifs is 4. The van der Waals surface area contributed by atoms with Crippen molar-refractivity contribution in [3.63, 3.8) is 0 Å². The predicted octanol–water partition coefficient (Wildman–Crippen LogP) is 1.73. The maximum absolute atomic E-state index is 10.2. The lowest BCUT2D eigenvalue weighted by Gasteiger charge is -2.16. The van der Waals surface area contributed by atoms with E-state index in [2.05, 4.69) is 0 Å². The zero-order valence-electron chi connectivity index (χ0n) is 8.92. The van der Waals surface area contributed by atoms with Gasteiger partial charge in [0.05, 0.1) is 0 Å². The van der Waals surface area contributed by atoms with Crippen molar-refractivity contribution in [3.8, 4) is 0 Å². The van der Waals surface area contributed by atoms with E-state index in [4.69, 9.17) is 4.74 Å². The fourth-order valence-corrected chi connectivity index (χ4v) is 2.49. The number of hydrogen-bond donors (Lipinski definition) is 2. The first-order chi connectivity index (χ1) is 8.12. The van der Waals surface area contributed by atoms with Crippen LogP contribution in [-0.4, -0.2) is 16.0 Å². The summed E-state index contributed by atoms with van der Waals surface area (Å²) < 4.78 is 5.05. The summed E-state index contributed by atoms with van der Waals surface area (Å²) in [6.45, 7) is 0. The zero-order valence-corrected chi connectivity index (χ0v) is 8.92. The standard InChI is InChI=1S/C14H10O3/c15-13-6-5-11-7-9-3-1-2-4-10(9)8-12(11)14(13,16)17-13/h1-8,15-16H. The minimum Gasteiger partial charge on any atom is -0.358 e. The Morgan fingerprint density at radius 1 is 1.00 bits per heavy atom. The fraction of sp³-hybridized carbons (Fsp3) is 0.143. The van der Waals surface area contributed by atoms with Crippen molar-refractivity contribution in [2.75, 3.05) is 0 Å². The molecule has 4 rings (SSSR count). The van der Waals surface area contributed by atoms with Crippen molar-refractivity contribution in [1.82, 2.24) is 0 Å². The molecule has 1 aliphatic heterocycles. The molecule has 0 bridgehead atoms. The molecular formula is C14H10O3. The lowest BCUT2D eigenvalue weighted by molar-refractivity contribution is 0.0289. The second kappa shape index (κ2) is 2.59. The lowest BCUT2D eigenvalue weighted by atomic mass is 9.90. The van der Waals surface area contributed by atoms with E-state index < -0.39 is 11.6 Å². The molecule has 2 aliphatic rings. The molecule has 0 radical (unpaired) electrons. The van der Waals surface area contributed by atoms with Crippen LogP contribution >= 0.6 is 0 Å². The van der Waals surface area contributed by atoms with Gasteiger partial charge in [-0.3, -0.25) is 4.74 Å². The first-order valence-corrected chi connectivity index (χ1v) is 5.50. The van der Waals surface area contributed by atoms with Crippen LogP contribution in [-0.2, 0) is 10.5 Å². The summed E-state index contributed by atoms with van der Waals surface area (Å²) in [5.74, 6) is -3.11. The number of ether oxygens (including phenoxy) is 1. The summed E-state index contributed by atoms with van der Waals surface area (Å²) in [6.07, 6.45) is 3.27. The second-order valence-electron chi connectivity index (χ2n) is 4.56. The van der Waals surface area contributed by atoms with Crippen LogP contribution in [0.4, 0.5) is 0 Å². The Morgan fingerprint density at radius 3 is 2.47 bits per heavy atom. The highest BCUT2D eigenvalue weighted by Crippen LogP contribution is 2.56. The fourth-order valence-electron chi connectivity index (χ4n) is 2.49. The molecule has 2 aromatic rings. The van der Waals surface area contributed by atoms with Gasteiger partial charge < -0.3 is 10.2 Å². The van der Waals surface area contributed by atoms with Gasteiger partial charge in [0.2, 0.25) is 5.79 Å². The third kappa shape index (κ3) is 1.01. The Hall–Kier alpha value is -1.68. The van der Waals surface area contributed by atoms with Gasteiger partial charge >= 0.3 is 0 Å². The molecule has 0 saturated carbocycles. The van der Waals surface area contributed by atoms with E-state index in [0.29, 0.717) is 5.56 Å². The molecule has 2 unspecified atom stereocenters. The van der Waals surface area contributed by atoms with Crippen LogP contribution < -0.4 is 0 Å². The minimum absolute atomic E-state index is 0.626. The topological polar surface area (TPSA) is 53.0 Å². The number of hydrogen-bond acceptors (Lipinski definition) is 3. The van der Waals surface area contributed by atoms with Crippen molar-refractivity contribution in [2.24, 2.45) is 0 Å². The van der Waals surface area contributed by atoms with Gasteiger partial charge in [0.1, 0.15) is 0 Å². The Kier molecular flexibility index (Phi) is 1.43. The normalized spacial score (nSPS) is 33.3. The maximum atomic E-state index is 10.2. The van der Waals surface area contributed by atoms with E-state index in [9.17, 15) is 10.2 Å². The highest BCUT2D eigenvalue weighted by atomic mass is 16.8. The summed E-state index contributed by atoms with van der Waals surface area (Å²) in [4.78, 5) is 0. The van der Waals surface area contributed by atoms with Gasteiger partial charge in [-0.15, -0.1) is 0 Å². The number of benzene rings is 2. The molecule has 0 aromatic heterocycles. The molecule has 1 aliphatic carbocycles. The third-order valence-corrected chi connectivity index (χ3v) is 3.52. The van der Waals surface area contributed by atoms with E-state index in [1.807, 2.05) is 36.4 Å². The molecule has 1 saturated heterocycles. The molecule has 1 fully saturated rings. The average Bonchev–Trinajstić information content (AvgIpc) is 2.91. The zero-order chi connectivity index (χ0) is 11.7. The van der Waals surface area contributed by atoms with Crippen molar-refractivity contribution >= 4 is 16.8 Å². The predicted molar refractivity (Wildman–Crippen MR) is 62.9 cm³/mol. The Labute approximate surface area is 97.6 Å². The molecule has 0 spiro atoms. The van der Waals surface area contributed by atoms with Crippen LogP contribution in [0.15, 0.2) is 42.5 Å². The molecule has 2 N–H and O–H groups in total. The molecule has 1 heterocycles. The van der Waals surface area contributed by atoms with E-state index in [1.54, 1.807) is 6.08 Å². The molecule has 84 valence electrons. The first-order valence-electron chi connectivity index (χ1n) is 5.50. The Morgan fingerprint density at radius 2 is 1.71 bits per heavy atom. The van der Waals surface area contributed by atoms with Crippen LogP contribution in [0, 0.1) is 0 Å². The molecular weight excluding hydrogens is 216 g/mol. The highest BCUT2D eigenvalue weighted by molar-refractivity contribution is 5.87. The summed E-state index contributed by atoms with van der Waals surface area (Å²) in [5, 5.41) is 22.2. The van der Waals surface area contributed by atoms with Gasteiger partial charge in [0.15, 0.2) is 0 Å². The maximum Gasteiger partial charge on any atom is 0.256 e. The van der Waals surface area contributed by atoms with Crippen molar-refractivity contribution in [2.45, 2.75) is 11.6 Å². The number of epoxide rings is 1. The van der Waals surface area contributed by atoms with E-state index in [0.717, 1.165) is 16.3 Å². The minimum atomic E-state index is -1.57. The van der Waals surface area contributed by atoms with Crippen molar-refractivity contribution in [1.29, 1.82) is 0 Å². The van der Waals surface area contributed by atoms with Gasteiger partial charge in [-0.2, -0.15) is 0 Å². The Bertz CT molecular complexity index is 676. The molecule has 0 amide bonds. The van der Waals surface area contributed by atoms with Crippen LogP contribution in [0.2, 0.25) is 0 Å². The molecule has 3 nitrogen and oxygen atoms in total. The van der Waals surface area contributed by atoms with E-state index >= 15 is 0 Å². The van der Waals surface area contributed by atoms with Crippen molar-refractivity contribution < 1.29 is 14.9 Å². The molecule has 3 heteroatoms. The monoisotopic (exact) mass is 226 g/mol. The number of rotatable bonds is 0. The smallest absolute Gasteiger partial charge is 0.256 e. The summed E-state index contributed by atoms with van der Waals surface area (Å²) >= 11 is 0. The third-order valence-electron chi connectivity index (χ3n) is 3.52. The SMILES string of the molecule is OC12C=Cc3cc4ccccc4cc3C1(O)O2. The lowest BCUT2D eigenvalue weighted by Crippen LogP contribution is -2.24. The van der Waals surface area contributed by atoms with E-state index in [1.165, 1.54) is 6.08 Å². The van der Waals surface area contributed by atoms with Gasteiger partial charge in [0.25, 0.3) is 5.79 Å². The van der Waals surface area contributed by atoms with Crippen LogP contribution in [0.1, 0.15) is 11.1 Å². The number of aliphatic hydroxyl groups is 2. The molecule has 2 aromatic carbocycles. The molecule has 2 atom stereocenters. The average molecular weight is 226 g/mol. The summed E-state index contributed by atoms with van der Waals surface area (Å²) in [6, 6.07) is 11.8. The van der Waals surface area contributed by atoms with Gasteiger partial charge in [0, 0.05) is 5.56 Å². The quantitative estimate of drug-likeness (QED) is 0.673. The molecule has 17 heavy (non-hydrogen) atoms. The van der Waals surface area contributed by atoms with E-state index in [-0.39, 0.29) is 0 Å². The second-order valence-corrected chi connectivity index (χ2v) is 4.56. The van der Waals surface area contributed by atoms with Crippen LogP contribution in [0.25, 0.3) is 16.8 Å². The van der Waals surface area contributed by atoms with Crippen LogP contribution in [0.5, 0.6) is 0 Å². The van der Waals surface area contributed by atoms with Gasteiger partial charge in [-0.1, -0.05) is 30.3 Å². The van der Waals surface area contributed by atoms with Gasteiger partial charge in [-0.05, 0) is 34.5 Å². The van der Waals surface area contributed by atoms with Gasteiger partial charge in [-0.25, -0.2) is 0 Å². The summed E-state index contributed by atoms with van der Waals surface area (Å²) in [7, 11) is 0. The summed E-state index contributed by atoms with van der Waals surface area (Å²) in [5.41, 5.74) is 1.51. The highest BCUT2D eigenvalue weighted by Gasteiger charge is 2.71.